The Morgan fingerprint density at radius 1 is 1.27 bits per heavy atom. The molecule has 3 N–H and O–H groups in total. The van der Waals surface area contributed by atoms with Crippen LogP contribution in [0.2, 0.25) is 5.02 Å². The highest BCUT2D eigenvalue weighted by Gasteiger charge is 2.11. The summed E-state index contributed by atoms with van der Waals surface area (Å²) in [7, 11) is 0. The average Bonchev–Trinajstić information content (AvgIpc) is 2.23. The largest absolute Gasteiger partial charge is 0.364 e. The van der Waals surface area contributed by atoms with E-state index in [1.807, 2.05) is 0 Å². The molecule has 5 heteroatoms. The molecule has 0 aliphatic carbocycles. The molecule has 1 heterocycles. The molecule has 4 nitrogen and oxygen atoms in total. The van der Waals surface area contributed by atoms with Gasteiger partial charge in [0.1, 0.15) is 10.7 Å². The van der Waals surface area contributed by atoms with E-state index in [0.717, 1.165) is 0 Å². The third-order valence-corrected chi connectivity index (χ3v) is 2.49. The maximum Gasteiger partial charge on any atom is 0.267 e. The monoisotopic (exact) mass is 222 g/mol. The predicted octanol–water partition coefficient (Wildman–Crippen LogP) is 1.28. The Kier molecular flexibility index (Phi) is 2.21. The molecular formula is C10H7ClN2O2. The van der Waals surface area contributed by atoms with Gasteiger partial charge >= 0.3 is 0 Å². The fraction of sp³-hybridized carbons (Fsp3) is 0. The summed E-state index contributed by atoms with van der Waals surface area (Å²) >= 11 is 5.81. The molecule has 0 aliphatic heterocycles. The zero-order valence-corrected chi connectivity index (χ0v) is 8.34. The van der Waals surface area contributed by atoms with Crippen molar-refractivity contribution in [1.82, 2.24) is 4.98 Å². The highest BCUT2D eigenvalue weighted by molar-refractivity contribution is 6.35. The van der Waals surface area contributed by atoms with E-state index in [4.69, 9.17) is 17.3 Å². The zero-order valence-electron chi connectivity index (χ0n) is 7.58. The van der Waals surface area contributed by atoms with Gasteiger partial charge in [0, 0.05) is 10.8 Å². The number of aromatic nitrogens is 1. The standard InChI is InChI=1S/C10H7ClN2O2/c11-7-5-3-1-2-4-6(5)8(9(12)14)13-10(7)15/h1-4H,(H2,12,14)(H,13,15). The summed E-state index contributed by atoms with van der Waals surface area (Å²) in [4.78, 5) is 24.8. The molecule has 0 atom stereocenters. The van der Waals surface area contributed by atoms with Gasteiger partial charge in [-0.3, -0.25) is 9.59 Å². The summed E-state index contributed by atoms with van der Waals surface area (Å²) in [5.41, 5.74) is 4.72. The molecule has 2 rings (SSSR count). The molecule has 0 bridgehead atoms. The maximum absolute atomic E-state index is 11.4. The fourth-order valence-corrected chi connectivity index (χ4v) is 1.66. The van der Waals surface area contributed by atoms with Crippen LogP contribution in [-0.4, -0.2) is 10.9 Å². The van der Waals surface area contributed by atoms with Crippen LogP contribution in [0.3, 0.4) is 0 Å². The number of amides is 1. The average molecular weight is 223 g/mol. The molecule has 0 unspecified atom stereocenters. The molecule has 0 fully saturated rings. The van der Waals surface area contributed by atoms with Crippen LogP contribution in [0.1, 0.15) is 10.5 Å². The number of carbonyl (C=O) groups is 1. The minimum absolute atomic E-state index is 0.0654. The van der Waals surface area contributed by atoms with Gasteiger partial charge in [0.25, 0.3) is 11.5 Å². The van der Waals surface area contributed by atoms with Gasteiger partial charge in [0.15, 0.2) is 0 Å². The molecular weight excluding hydrogens is 216 g/mol. The number of pyridine rings is 1. The summed E-state index contributed by atoms with van der Waals surface area (Å²) < 4.78 is 0. The predicted molar refractivity (Wildman–Crippen MR) is 58.1 cm³/mol. The Labute approximate surface area is 89.7 Å². The van der Waals surface area contributed by atoms with E-state index >= 15 is 0 Å². The number of carbonyl (C=O) groups excluding carboxylic acids is 1. The molecule has 0 aliphatic rings. The molecule has 1 amide bonds. The lowest BCUT2D eigenvalue weighted by molar-refractivity contribution is 0.0997. The van der Waals surface area contributed by atoms with Crippen molar-refractivity contribution in [2.75, 3.05) is 0 Å². The van der Waals surface area contributed by atoms with Crippen LogP contribution < -0.4 is 11.3 Å². The van der Waals surface area contributed by atoms with Crippen LogP contribution in [-0.2, 0) is 0 Å². The van der Waals surface area contributed by atoms with E-state index in [9.17, 15) is 9.59 Å². The number of H-pyrrole nitrogens is 1. The summed E-state index contributed by atoms with van der Waals surface area (Å²) in [6, 6.07) is 6.82. The molecule has 0 saturated carbocycles. The lowest BCUT2D eigenvalue weighted by Crippen LogP contribution is -2.19. The van der Waals surface area contributed by atoms with Crippen molar-refractivity contribution in [2.45, 2.75) is 0 Å². The lowest BCUT2D eigenvalue weighted by atomic mass is 10.1. The van der Waals surface area contributed by atoms with Gasteiger partial charge in [-0.1, -0.05) is 35.9 Å². The van der Waals surface area contributed by atoms with Crippen molar-refractivity contribution >= 4 is 28.3 Å². The van der Waals surface area contributed by atoms with E-state index in [0.29, 0.717) is 10.8 Å². The quantitative estimate of drug-likeness (QED) is 0.763. The number of nitrogens with two attached hydrogens (primary N) is 1. The number of halogens is 1. The Balaban J connectivity index is 3.01. The fourth-order valence-electron chi connectivity index (χ4n) is 1.44. The molecule has 2 aromatic rings. The molecule has 0 spiro atoms. The summed E-state index contributed by atoms with van der Waals surface area (Å²) in [6.45, 7) is 0. The molecule has 15 heavy (non-hydrogen) atoms. The lowest BCUT2D eigenvalue weighted by Gasteiger charge is -2.03. The van der Waals surface area contributed by atoms with Gasteiger partial charge in [-0.15, -0.1) is 0 Å². The minimum atomic E-state index is -0.681. The Morgan fingerprint density at radius 2 is 1.87 bits per heavy atom. The van der Waals surface area contributed by atoms with Crippen LogP contribution in [0.25, 0.3) is 10.8 Å². The van der Waals surface area contributed by atoms with Gasteiger partial charge in [-0.2, -0.15) is 0 Å². The van der Waals surface area contributed by atoms with Crippen LogP contribution in [0.15, 0.2) is 29.1 Å². The number of hydrogen-bond donors (Lipinski definition) is 2. The van der Waals surface area contributed by atoms with E-state index < -0.39 is 11.5 Å². The molecule has 76 valence electrons. The van der Waals surface area contributed by atoms with E-state index in [1.54, 1.807) is 24.3 Å². The van der Waals surface area contributed by atoms with Crippen molar-refractivity contribution in [1.29, 1.82) is 0 Å². The third kappa shape index (κ3) is 1.49. The third-order valence-electron chi connectivity index (χ3n) is 2.12. The smallest absolute Gasteiger partial charge is 0.267 e. The van der Waals surface area contributed by atoms with Crippen LogP contribution in [0, 0.1) is 0 Å². The number of nitrogens with one attached hydrogen (secondary N) is 1. The normalized spacial score (nSPS) is 10.5. The SMILES string of the molecule is NC(=O)c1[nH]c(=O)c(Cl)c2ccccc12. The zero-order chi connectivity index (χ0) is 11.0. The second kappa shape index (κ2) is 3.40. The van der Waals surface area contributed by atoms with Gasteiger partial charge in [-0.25, -0.2) is 0 Å². The van der Waals surface area contributed by atoms with Crippen molar-refractivity contribution in [3.63, 3.8) is 0 Å². The van der Waals surface area contributed by atoms with Gasteiger partial charge < -0.3 is 10.7 Å². The molecule has 0 saturated heterocycles. The maximum atomic E-state index is 11.4. The summed E-state index contributed by atoms with van der Waals surface area (Å²) in [5, 5.41) is 1.14. The number of primary amides is 1. The number of fused-ring (bicyclic) bond motifs is 1. The Hall–Kier alpha value is -1.81. The van der Waals surface area contributed by atoms with Crippen molar-refractivity contribution in [2.24, 2.45) is 5.73 Å². The van der Waals surface area contributed by atoms with Crippen molar-refractivity contribution in [3.05, 3.63) is 45.3 Å². The van der Waals surface area contributed by atoms with Crippen LogP contribution in [0.4, 0.5) is 0 Å². The first-order valence-corrected chi connectivity index (χ1v) is 4.59. The van der Waals surface area contributed by atoms with Gasteiger partial charge in [0.2, 0.25) is 0 Å². The van der Waals surface area contributed by atoms with Gasteiger partial charge in [0.05, 0.1) is 0 Å². The van der Waals surface area contributed by atoms with E-state index in [-0.39, 0.29) is 10.7 Å². The molecule has 0 radical (unpaired) electrons. The first kappa shape index (κ1) is 9.73. The minimum Gasteiger partial charge on any atom is -0.364 e. The van der Waals surface area contributed by atoms with Crippen molar-refractivity contribution < 1.29 is 4.79 Å². The summed E-state index contributed by atoms with van der Waals surface area (Å²) in [5.74, 6) is -0.681. The second-order valence-electron chi connectivity index (χ2n) is 3.05. The van der Waals surface area contributed by atoms with Gasteiger partial charge in [-0.05, 0) is 0 Å². The summed E-state index contributed by atoms with van der Waals surface area (Å²) in [6.07, 6.45) is 0. The second-order valence-corrected chi connectivity index (χ2v) is 3.43. The number of hydrogen-bond acceptors (Lipinski definition) is 2. The Morgan fingerprint density at radius 3 is 2.47 bits per heavy atom. The van der Waals surface area contributed by atoms with E-state index in [1.165, 1.54) is 0 Å². The highest BCUT2D eigenvalue weighted by Crippen LogP contribution is 2.21. The molecule has 1 aromatic carbocycles. The Bertz CT molecular complexity index is 604. The van der Waals surface area contributed by atoms with Crippen molar-refractivity contribution in [3.8, 4) is 0 Å². The first-order chi connectivity index (χ1) is 7.11. The number of aromatic amines is 1. The van der Waals surface area contributed by atoms with E-state index in [2.05, 4.69) is 4.98 Å². The highest BCUT2D eigenvalue weighted by atomic mass is 35.5. The van der Waals surface area contributed by atoms with Crippen LogP contribution in [0.5, 0.6) is 0 Å². The molecule has 1 aromatic heterocycles. The number of rotatable bonds is 1. The topological polar surface area (TPSA) is 76.0 Å². The number of benzene rings is 1. The van der Waals surface area contributed by atoms with Crippen LogP contribution >= 0.6 is 11.6 Å². The first-order valence-electron chi connectivity index (χ1n) is 4.21.